The minimum atomic E-state index is -0.259. The average Bonchev–Trinajstić information content (AvgIpc) is 2.89. The van der Waals surface area contributed by atoms with Crippen LogP contribution >= 0.6 is 11.6 Å². The Morgan fingerprint density at radius 2 is 1.69 bits per heavy atom. The molecular weight excluding hydrogens is 349 g/mol. The molecule has 0 saturated heterocycles. The molecule has 3 aromatic rings. The first-order valence-electron chi connectivity index (χ1n) is 8.59. The summed E-state index contributed by atoms with van der Waals surface area (Å²) in [6, 6.07) is 16.5. The molecular formula is C22H20ClFNO+. The van der Waals surface area contributed by atoms with Gasteiger partial charge in [-0.1, -0.05) is 48.0 Å². The summed E-state index contributed by atoms with van der Waals surface area (Å²) >= 11 is 6.58. The number of benzene rings is 3. The number of halogens is 2. The maximum Gasteiger partial charge on any atom is 0.371 e. The molecule has 26 heavy (non-hydrogen) atoms. The number of hydrogen-bond acceptors (Lipinski definition) is 1. The van der Waals surface area contributed by atoms with E-state index in [-0.39, 0.29) is 11.4 Å². The highest BCUT2D eigenvalue weighted by Crippen LogP contribution is 2.37. The van der Waals surface area contributed by atoms with E-state index in [1.54, 1.807) is 12.1 Å². The number of nitrogens with zero attached hydrogens (tertiary/aromatic N) is 1. The van der Waals surface area contributed by atoms with Crippen LogP contribution in [0.25, 0.3) is 21.9 Å². The first-order valence-corrected chi connectivity index (χ1v) is 8.97. The Morgan fingerprint density at radius 3 is 2.31 bits per heavy atom. The minimum Gasteiger partial charge on any atom is -0.437 e. The molecule has 132 valence electrons. The zero-order chi connectivity index (χ0) is 18.5. The molecule has 0 unspecified atom stereocenters. The van der Waals surface area contributed by atoms with Gasteiger partial charge in [0.15, 0.2) is 12.1 Å². The van der Waals surface area contributed by atoms with Crippen molar-refractivity contribution >= 4 is 28.3 Å². The lowest BCUT2D eigenvalue weighted by Gasteiger charge is -2.14. The van der Waals surface area contributed by atoms with Crippen molar-refractivity contribution in [2.45, 2.75) is 19.4 Å². The van der Waals surface area contributed by atoms with Crippen LogP contribution in [0.15, 0.2) is 54.6 Å². The Hall–Kier alpha value is -2.39. The molecule has 0 saturated carbocycles. The molecule has 0 aromatic heterocycles. The third-order valence-corrected chi connectivity index (χ3v) is 5.45. The topological polar surface area (TPSA) is 12.2 Å². The zero-order valence-electron chi connectivity index (χ0n) is 15.0. The van der Waals surface area contributed by atoms with Gasteiger partial charge in [0, 0.05) is 35.2 Å². The summed E-state index contributed by atoms with van der Waals surface area (Å²) in [6.07, 6.45) is 0. The average molecular weight is 369 g/mol. The van der Waals surface area contributed by atoms with E-state index < -0.39 is 0 Å². The highest BCUT2D eigenvalue weighted by Gasteiger charge is 2.41. The van der Waals surface area contributed by atoms with E-state index in [9.17, 15) is 4.39 Å². The summed E-state index contributed by atoms with van der Waals surface area (Å²) in [5.74, 6) is 0.562. The molecule has 4 heteroatoms. The molecule has 0 radical (unpaired) electrons. The van der Waals surface area contributed by atoms with E-state index in [2.05, 4.69) is 24.5 Å². The first-order chi connectivity index (χ1) is 12.4. The van der Waals surface area contributed by atoms with Gasteiger partial charge < -0.3 is 4.74 Å². The third-order valence-electron chi connectivity index (χ3n) is 5.14. The number of ether oxygens (including phenoxy) is 1. The van der Waals surface area contributed by atoms with Gasteiger partial charge in [-0.25, -0.2) is 4.39 Å². The Labute approximate surface area is 157 Å². The van der Waals surface area contributed by atoms with Crippen molar-refractivity contribution in [1.82, 2.24) is 0 Å². The molecule has 3 aromatic carbocycles. The predicted octanol–water partition coefficient (Wildman–Crippen LogP) is 5.50. The molecule has 4 rings (SSSR count). The smallest absolute Gasteiger partial charge is 0.371 e. The molecule has 0 fully saturated rings. The van der Waals surface area contributed by atoms with Gasteiger partial charge in [-0.3, -0.25) is 0 Å². The van der Waals surface area contributed by atoms with Gasteiger partial charge in [-0.05, 0) is 23.8 Å². The zero-order valence-corrected chi connectivity index (χ0v) is 15.8. The van der Waals surface area contributed by atoms with E-state index >= 15 is 0 Å². The van der Waals surface area contributed by atoms with Crippen LogP contribution in [0.5, 0.6) is 0 Å². The fourth-order valence-electron chi connectivity index (χ4n) is 3.37. The summed E-state index contributed by atoms with van der Waals surface area (Å²) in [7, 11) is 2.04. The second-order valence-electron chi connectivity index (χ2n) is 7.30. The second-order valence-corrected chi connectivity index (χ2v) is 7.71. The molecule has 1 aliphatic rings. The van der Waals surface area contributed by atoms with Gasteiger partial charge in [-0.15, -0.1) is 0 Å². The van der Waals surface area contributed by atoms with Gasteiger partial charge in [0.05, 0.1) is 0 Å². The van der Waals surface area contributed by atoms with Crippen LogP contribution in [-0.2, 0) is 4.74 Å². The van der Waals surface area contributed by atoms with Crippen molar-refractivity contribution in [1.29, 1.82) is 0 Å². The largest absolute Gasteiger partial charge is 0.437 e. The van der Waals surface area contributed by atoms with Crippen molar-refractivity contribution < 1.29 is 13.7 Å². The van der Waals surface area contributed by atoms with Gasteiger partial charge >= 0.3 is 5.90 Å². The Kier molecular flexibility index (Phi) is 4.00. The number of fused-ring (bicyclic) bond motifs is 1. The molecule has 0 atom stereocenters. The summed E-state index contributed by atoms with van der Waals surface area (Å²) in [4.78, 5) is 0. The monoisotopic (exact) mass is 368 g/mol. The molecule has 0 spiro atoms. The molecule has 0 aliphatic carbocycles. The molecule has 0 N–H and O–H groups in total. The minimum absolute atomic E-state index is 0.101. The summed E-state index contributed by atoms with van der Waals surface area (Å²) in [6.45, 7) is 4.91. The molecule has 1 heterocycles. The van der Waals surface area contributed by atoms with Gasteiger partial charge in [0.1, 0.15) is 18.4 Å². The van der Waals surface area contributed by atoms with E-state index in [1.165, 1.54) is 12.1 Å². The van der Waals surface area contributed by atoms with E-state index in [4.69, 9.17) is 16.3 Å². The van der Waals surface area contributed by atoms with Crippen molar-refractivity contribution in [2.75, 3.05) is 13.7 Å². The molecule has 1 aliphatic heterocycles. The van der Waals surface area contributed by atoms with Crippen LogP contribution in [0, 0.1) is 5.82 Å². The summed E-state index contributed by atoms with van der Waals surface area (Å²) in [5, 5.41) is 2.67. The van der Waals surface area contributed by atoms with Crippen molar-refractivity contribution in [3.8, 4) is 11.1 Å². The van der Waals surface area contributed by atoms with E-state index in [0.29, 0.717) is 11.6 Å². The lowest BCUT2D eigenvalue weighted by atomic mass is 9.93. The Balaban J connectivity index is 2.09. The van der Waals surface area contributed by atoms with E-state index in [0.717, 1.165) is 33.4 Å². The summed E-state index contributed by atoms with van der Waals surface area (Å²) in [5.41, 5.74) is 2.73. The number of likely N-dealkylation sites (N-methyl/N-ethyl adjacent to an activating group) is 1. The number of rotatable bonds is 2. The fraction of sp³-hybridized carbons (Fsp3) is 0.227. The maximum atomic E-state index is 13.4. The predicted molar refractivity (Wildman–Crippen MR) is 105 cm³/mol. The van der Waals surface area contributed by atoms with Crippen LogP contribution in [0.2, 0.25) is 5.02 Å². The standard InChI is InChI=1S/C22H20ClFNO/c1-22(2)13-26-21(25(22)3)20-17-7-5-4-6-16(17)19(23)12-18(20)14-8-10-15(24)11-9-14/h4-12H,13H2,1-3H3/q+1. The van der Waals surface area contributed by atoms with Crippen molar-refractivity contribution in [3.05, 3.63) is 71.0 Å². The highest BCUT2D eigenvalue weighted by molar-refractivity contribution is 6.37. The third kappa shape index (κ3) is 2.67. The highest BCUT2D eigenvalue weighted by atomic mass is 35.5. The van der Waals surface area contributed by atoms with Crippen LogP contribution in [0.1, 0.15) is 19.4 Å². The Bertz CT molecular complexity index is 1040. The van der Waals surface area contributed by atoms with E-state index in [1.807, 2.05) is 31.3 Å². The quantitative estimate of drug-likeness (QED) is 0.544. The van der Waals surface area contributed by atoms with Crippen LogP contribution in [-0.4, -0.2) is 29.7 Å². The Morgan fingerprint density at radius 1 is 1.04 bits per heavy atom. The lowest BCUT2D eigenvalue weighted by Crippen LogP contribution is -2.33. The lowest BCUT2D eigenvalue weighted by molar-refractivity contribution is -0.562. The number of hydrogen-bond donors (Lipinski definition) is 0. The normalized spacial score (nSPS) is 16.2. The van der Waals surface area contributed by atoms with Crippen molar-refractivity contribution in [3.63, 3.8) is 0 Å². The summed E-state index contributed by atoms with van der Waals surface area (Å²) < 4.78 is 21.7. The SMILES string of the molecule is C[N+]1=C(c2c(-c3ccc(F)cc3)cc(Cl)c3ccccc23)OCC1(C)C. The van der Waals surface area contributed by atoms with Crippen molar-refractivity contribution in [2.24, 2.45) is 0 Å². The van der Waals surface area contributed by atoms with Gasteiger partial charge in [-0.2, -0.15) is 4.58 Å². The molecule has 0 amide bonds. The second kappa shape index (κ2) is 6.10. The fourth-order valence-corrected chi connectivity index (χ4v) is 3.65. The maximum absolute atomic E-state index is 13.4. The van der Waals surface area contributed by atoms with Gasteiger partial charge in [0.2, 0.25) is 0 Å². The van der Waals surface area contributed by atoms with Crippen LogP contribution in [0.3, 0.4) is 0 Å². The molecule has 0 bridgehead atoms. The van der Waals surface area contributed by atoms with Gasteiger partial charge in [0.25, 0.3) is 0 Å². The van der Waals surface area contributed by atoms with Crippen LogP contribution < -0.4 is 0 Å². The first kappa shape index (κ1) is 17.0. The molecule has 2 nitrogen and oxygen atoms in total. The van der Waals surface area contributed by atoms with Crippen LogP contribution in [0.4, 0.5) is 4.39 Å².